The zero-order valence-corrected chi connectivity index (χ0v) is 13.3. The molecule has 0 amide bonds. The van der Waals surface area contributed by atoms with Crippen LogP contribution >= 0.6 is 15.9 Å². The number of aryl methyl sites for hydroxylation is 1. The quantitative estimate of drug-likeness (QED) is 0.860. The molecule has 18 heavy (non-hydrogen) atoms. The minimum atomic E-state index is -3.27. The summed E-state index contributed by atoms with van der Waals surface area (Å²) in [5.41, 5.74) is 2.25. The molecule has 0 unspecified atom stereocenters. The normalized spacial score (nSPS) is 18.2. The van der Waals surface area contributed by atoms with Gasteiger partial charge in [0.2, 0.25) is 10.0 Å². The maximum Gasteiger partial charge on any atom is 0.232 e. The SMILES string of the molecule is Cc1cc(Br)cc2c1N(S(C)(=O)=O)CC(C)(C)N2. The molecule has 0 saturated heterocycles. The van der Waals surface area contributed by atoms with E-state index >= 15 is 0 Å². The van der Waals surface area contributed by atoms with Crippen LogP contribution in [0.3, 0.4) is 0 Å². The fourth-order valence-electron chi connectivity index (χ4n) is 2.29. The van der Waals surface area contributed by atoms with Gasteiger partial charge in [-0.05, 0) is 38.5 Å². The maximum absolute atomic E-state index is 12.0. The number of hydrogen-bond donors (Lipinski definition) is 1. The van der Waals surface area contributed by atoms with Crippen molar-refractivity contribution in [3.8, 4) is 0 Å². The number of sulfonamides is 1. The Morgan fingerprint density at radius 3 is 2.56 bits per heavy atom. The summed E-state index contributed by atoms with van der Waals surface area (Å²) in [5, 5.41) is 3.38. The molecule has 0 atom stereocenters. The lowest BCUT2D eigenvalue weighted by Crippen LogP contribution is -2.50. The number of hydrogen-bond acceptors (Lipinski definition) is 3. The van der Waals surface area contributed by atoms with E-state index in [0.717, 1.165) is 21.4 Å². The summed E-state index contributed by atoms with van der Waals surface area (Å²) >= 11 is 3.44. The van der Waals surface area contributed by atoms with Gasteiger partial charge in [-0.3, -0.25) is 4.31 Å². The molecule has 1 heterocycles. The first kappa shape index (κ1) is 13.7. The standard InChI is InChI=1S/C12H17BrN2O2S/c1-8-5-9(13)6-10-11(8)15(18(4,16)17)7-12(2,3)14-10/h5-6,14H,7H2,1-4H3. The van der Waals surface area contributed by atoms with Crippen molar-refractivity contribution in [2.24, 2.45) is 0 Å². The summed E-state index contributed by atoms with van der Waals surface area (Å²) in [5.74, 6) is 0. The van der Waals surface area contributed by atoms with Gasteiger partial charge < -0.3 is 5.32 Å². The van der Waals surface area contributed by atoms with Gasteiger partial charge in [0.05, 0.1) is 29.7 Å². The fraction of sp³-hybridized carbons (Fsp3) is 0.500. The third-order valence-electron chi connectivity index (χ3n) is 2.93. The molecule has 1 aromatic rings. The number of benzene rings is 1. The highest BCUT2D eigenvalue weighted by Crippen LogP contribution is 2.40. The second kappa shape index (κ2) is 4.13. The summed E-state index contributed by atoms with van der Waals surface area (Å²) in [6, 6.07) is 3.85. The Morgan fingerprint density at radius 1 is 1.39 bits per heavy atom. The van der Waals surface area contributed by atoms with Gasteiger partial charge in [-0.25, -0.2) is 8.42 Å². The van der Waals surface area contributed by atoms with Crippen molar-refractivity contribution in [1.29, 1.82) is 0 Å². The third-order valence-corrected chi connectivity index (χ3v) is 4.50. The minimum absolute atomic E-state index is 0.288. The molecule has 100 valence electrons. The van der Waals surface area contributed by atoms with Crippen LogP contribution < -0.4 is 9.62 Å². The first-order valence-electron chi connectivity index (χ1n) is 5.66. The predicted octanol–water partition coefficient (Wildman–Crippen LogP) is 2.73. The van der Waals surface area contributed by atoms with E-state index in [-0.39, 0.29) is 5.54 Å². The van der Waals surface area contributed by atoms with Gasteiger partial charge in [-0.15, -0.1) is 0 Å². The average molecular weight is 333 g/mol. The van der Waals surface area contributed by atoms with E-state index in [4.69, 9.17) is 0 Å². The topological polar surface area (TPSA) is 49.4 Å². The van der Waals surface area contributed by atoms with Gasteiger partial charge >= 0.3 is 0 Å². The van der Waals surface area contributed by atoms with E-state index in [1.54, 1.807) is 0 Å². The van der Waals surface area contributed by atoms with Gasteiger partial charge in [0, 0.05) is 4.47 Å². The van der Waals surface area contributed by atoms with Crippen LogP contribution in [0.2, 0.25) is 0 Å². The molecule has 1 aliphatic rings. The zero-order valence-electron chi connectivity index (χ0n) is 10.9. The third kappa shape index (κ3) is 2.49. The van der Waals surface area contributed by atoms with Gasteiger partial charge in [-0.1, -0.05) is 15.9 Å². The van der Waals surface area contributed by atoms with E-state index in [1.165, 1.54) is 10.6 Å². The zero-order chi connectivity index (χ0) is 13.7. The van der Waals surface area contributed by atoms with E-state index < -0.39 is 10.0 Å². The lowest BCUT2D eigenvalue weighted by molar-refractivity contribution is 0.546. The molecule has 0 aromatic heterocycles. The summed E-state index contributed by atoms with van der Waals surface area (Å²) in [4.78, 5) is 0. The first-order chi connectivity index (χ1) is 8.10. The Balaban J connectivity index is 2.69. The Labute approximate surface area is 117 Å². The second-order valence-corrected chi connectivity index (χ2v) is 8.22. The van der Waals surface area contributed by atoms with Crippen molar-refractivity contribution in [2.75, 3.05) is 22.4 Å². The van der Waals surface area contributed by atoms with E-state index in [1.807, 2.05) is 32.9 Å². The van der Waals surface area contributed by atoms with E-state index in [0.29, 0.717) is 6.54 Å². The Kier molecular flexibility index (Phi) is 3.14. The van der Waals surface area contributed by atoms with Crippen LogP contribution in [0.1, 0.15) is 19.4 Å². The Hall–Kier alpha value is -0.750. The lowest BCUT2D eigenvalue weighted by Gasteiger charge is -2.41. The number of anilines is 2. The Morgan fingerprint density at radius 2 is 2.00 bits per heavy atom. The van der Waals surface area contributed by atoms with E-state index in [2.05, 4.69) is 21.2 Å². The molecule has 0 radical (unpaired) electrons. The van der Waals surface area contributed by atoms with Crippen LogP contribution in [-0.4, -0.2) is 26.8 Å². The lowest BCUT2D eigenvalue weighted by atomic mass is 9.99. The molecule has 0 aliphatic carbocycles. The second-order valence-electron chi connectivity index (χ2n) is 5.40. The van der Waals surface area contributed by atoms with Crippen LogP contribution in [0.4, 0.5) is 11.4 Å². The molecule has 0 saturated carbocycles. The molecule has 1 aliphatic heterocycles. The highest BCUT2D eigenvalue weighted by atomic mass is 79.9. The predicted molar refractivity (Wildman–Crippen MR) is 78.8 cm³/mol. The molecule has 2 rings (SSSR count). The molecule has 6 heteroatoms. The van der Waals surface area contributed by atoms with E-state index in [9.17, 15) is 8.42 Å². The minimum Gasteiger partial charge on any atom is -0.377 e. The molecule has 0 bridgehead atoms. The molecule has 4 nitrogen and oxygen atoms in total. The summed E-state index contributed by atoms with van der Waals surface area (Å²) in [6.07, 6.45) is 1.25. The van der Waals surface area contributed by atoms with Crippen LogP contribution in [0.5, 0.6) is 0 Å². The smallest absolute Gasteiger partial charge is 0.232 e. The number of nitrogens with zero attached hydrogens (tertiary/aromatic N) is 1. The summed E-state index contributed by atoms with van der Waals surface area (Å²) in [7, 11) is -3.27. The van der Waals surface area contributed by atoms with Crippen molar-refractivity contribution in [3.05, 3.63) is 22.2 Å². The van der Waals surface area contributed by atoms with Crippen LogP contribution in [0.25, 0.3) is 0 Å². The monoisotopic (exact) mass is 332 g/mol. The van der Waals surface area contributed by atoms with Gasteiger partial charge in [-0.2, -0.15) is 0 Å². The van der Waals surface area contributed by atoms with Gasteiger partial charge in [0.15, 0.2) is 0 Å². The number of nitrogens with one attached hydrogen (secondary N) is 1. The maximum atomic E-state index is 12.0. The molecular formula is C12H17BrN2O2S. The van der Waals surface area contributed by atoms with Crippen molar-refractivity contribution in [1.82, 2.24) is 0 Å². The number of halogens is 1. The van der Waals surface area contributed by atoms with Crippen LogP contribution in [0.15, 0.2) is 16.6 Å². The molecule has 0 fully saturated rings. The van der Waals surface area contributed by atoms with Crippen molar-refractivity contribution in [3.63, 3.8) is 0 Å². The molecular weight excluding hydrogens is 316 g/mol. The fourth-order valence-corrected chi connectivity index (χ4v) is 3.99. The highest BCUT2D eigenvalue weighted by Gasteiger charge is 2.35. The largest absolute Gasteiger partial charge is 0.377 e. The van der Waals surface area contributed by atoms with Crippen molar-refractivity contribution < 1.29 is 8.42 Å². The van der Waals surface area contributed by atoms with Crippen molar-refractivity contribution in [2.45, 2.75) is 26.3 Å². The number of fused-ring (bicyclic) bond motifs is 1. The molecule has 1 aromatic carbocycles. The summed E-state index contributed by atoms with van der Waals surface area (Å²) in [6.45, 7) is 6.33. The molecule has 1 N–H and O–H groups in total. The summed E-state index contributed by atoms with van der Waals surface area (Å²) < 4.78 is 26.3. The number of rotatable bonds is 1. The Bertz CT molecular complexity index is 596. The van der Waals surface area contributed by atoms with Crippen LogP contribution in [0, 0.1) is 6.92 Å². The van der Waals surface area contributed by atoms with Gasteiger partial charge in [0.25, 0.3) is 0 Å². The van der Waals surface area contributed by atoms with Gasteiger partial charge in [0.1, 0.15) is 0 Å². The highest BCUT2D eigenvalue weighted by molar-refractivity contribution is 9.10. The molecule has 0 spiro atoms. The average Bonchev–Trinajstić information content (AvgIpc) is 2.11. The first-order valence-corrected chi connectivity index (χ1v) is 8.30. The van der Waals surface area contributed by atoms with Crippen LogP contribution in [-0.2, 0) is 10.0 Å². The van der Waals surface area contributed by atoms with Crippen molar-refractivity contribution >= 4 is 37.3 Å².